The Labute approximate surface area is 102 Å². The molecule has 2 N–H and O–H groups in total. The molecule has 2 nitrogen and oxygen atoms in total. The van der Waals surface area contributed by atoms with Gasteiger partial charge in [-0.25, -0.2) is 0 Å². The van der Waals surface area contributed by atoms with Crippen LogP contribution in [0.25, 0.3) is 0 Å². The van der Waals surface area contributed by atoms with E-state index in [1.807, 2.05) is 25.1 Å². The molecular formula is C11H17Cl2NO. The van der Waals surface area contributed by atoms with E-state index < -0.39 is 0 Å². The van der Waals surface area contributed by atoms with Crippen LogP contribution < -0.4 is 10.5 Å². The van der Waals surface area contributed by atoms with E-state index in [-0.39, 0.29) is 18.4 Å². The summed E-state index contributed by atoms with van der Waals surface area (Å²) in [5.41, 5.74) is 6.78. The summed E-state index contributed by atoms with van der Waals surface area (Å²) in [6.07, 6.45) is 0.962. The van der Waals surface area contributed by atoms with Gasteiger partial charge in [-0.05, 0) is 19.4 Å². The Morgan fingerprint density at radius 2 is 2.13 bits per heavy atom. The average molecular weight is 250 g/mol. The van der Waals surface area contributed by atoms with Crippen LogP contribution >= 0.6 is 24.0 Å². The van der Waals surface area contributed by atoms with Crippen LogP contribution in [0.1, 0.15) is 31.9 Å². The van der Waals surface area contributed by atoms with E-state index >= 15 is 0 Å². The smallest absolute Gasteiger partial charge is 0.142 e. The first-order chi connectivity index (χ1) is 6.66. The molecule has 1 aromatic rings. The number of hydrogen-bond acceptors (Lipinski definition) is 2. The van der Waals surface area contributed by atoms with Crippen LogP contribution in [0.4, 0.5) is 0 Å². The number of benzene rings is 1. The van der Waals surface area contributed by atoms with Gasteiger partial charge >= 0.3 is 0 Å². The number of halogens is 2. The zero-order chi connectivity index (χ0) is 10.6. The molecule has 0 fully saturated rings. The fraction of sp³-hybridized carbons (Fsp3) is 0.455. The molecule has 0 saturated heterocycles. The predicted molar refractivity (Wildman–Crippen MR) is 67.1 cm³/mol. The van der Waals surface area contributed by atoms with Gasteiger partial charge in [0.15, 0.2) is 0 Å². The molecule has 0 spiro atoms. The second-order valence-electron chi connectivity index (χ2n) is 3.30. The molecule has 15 heavy (non-hydrogen) atoms. The molecular weight excluding hydrogens is 233 g/mol. The minimum absolute atomic E-state index is 0. The highest BCUT2D eigenvalue weighted by Gasteiger charge is 2.10. The summed E-state index contributed by atoms with van der Waals surface area (Å²) in [7, 11) is 0. The molecule has 4 heteroatoms. The van der Waals surface area contributed by atoms with Gasteiger partial charge in [0.2, 0.25) is 0 Å². The maximum absolute atomic E-state index is 6.03. The lowest BCUT2D eigenvalue weighted by molar-refractivity contribution is 0.313. The fourth-order valence-electron chi connectivity index (χ4n) is 1.24. The van der Waals surface area contributed by atoms with E-state index in [2.05, 4.69) is 6.92 Å². The molecule has 1 atom stereocenters. The van der Waals surface area contributed by atoms with Crippen LogP contribution in [0, 0.1) is 0 Å². The van der Waals surface area contributed by atoms with Crippen LogP contribution in [-0.4, -0.2) is 6.61 Å². The van der Waals surface area contributed by atoms with Crippen molar-refractivity contribution in [2.75, 3.05) is 6.61 Å². The number of ether oxygens (including phenoxy) is 1. The van der Waals surface area contributed by atoms with Gasteiger partial charge in [0, 0.05) is 11.6 Å². The van der Waals surface area contributed by atoms with Gasteiger partial charge in [-0.15, -0.1) is 12.4 Å². The Hall–Kier alpha value is -0.440. The van der Waals surface area contributed by atoms with Crippen LogP contribution in [0.2, 0.25) is 5.02 Å². The van der Waals surface area contributed by atoms with Crippen molar-refractivity contribution in [3.05, 3.63) is 28.8 Å². The third kappa shape index (κ3) is 3.90. The number of para-hydroxylation sites is 1. The Bertz CT molecular complexity index is 303. The van der Waals surface area contributed by atoms with E-state index in [1.54, 1.807) is 0 Å². The molecule has 0 saturated carbocycles. The zero-order valence-corrected chi connectivity index (χ0v) is 10.6. The summed E-state index contributed by atoms with van der Waals surface area (Å²) in [6.45, 7) is 4.65. The quantitative estimate of drug-likeness (QED) is 0.886. The molecule has 0 aliphatic heterocycles. The Morgan fingerprint density at radius 1 is 1.47 bits per heavy atom. The predicted octanol–water partition coefficient (Wildman–Crippen LogP) is 3.57. The van der Waals surface area contributed by atoms with Crippen molar-refractivity contribution in [3.63, 3.8) is 0 Å². The Morgan fingerprint density at radius 3 is 2.67 bits per heavy atom. The topological polar surface area (TPSA) is 35.2 Å². The van der Waals surface area contributed by atoms with E-state index in [1.165, 1.54) is 0 Å². The maximum Gasteiger partial charge on any atom is 0.142 e. The summed E-state index contributed by atoms with van der Waals surface area (Å²) in [5.74, 6) is 0.728. The highest BCUT2D eigenvalue weighted by molar-refractivity contribution is 6.32. The highest BCUT2D eigenvalue weighted by atomic mass is 35.5. The summed E-state index contributed by atoms with van der Waals surface area (Å²) in [6, 6.07) is 5.60. The molecule has 0 aliphatic rings. The van der Waals surface area contributed by atoms with Gasteiger partial charge in [0.25, 0.3) is 0 Å². The Kier molecular flexibility index (Phi) is 6.73. The van der Waals surface area contributed by atoms with Gasteiger partial charge < -0.3 is 10.5 Å². The normalized spacial score (nSPS) is 11.7. The van der Waals surface area contributed by atoms with Crippen molar-refractivity contribution < 1.29 is 4.74 Å². The van der Waals surface area contributed by atoms with Crippen molar-refractivity contribution in [2.24, 2.45) is 5.73 Å². The van der Waals surface area contributed by atoms with Crippen molar-refractivity contribution in [1.29, 1.82) is 0 Å². The lowest BCUT2D eigenvalue weighted by Gasteiger charge is -2.14. The number of hydrogen-bond donors (Lipinski definition) is 1. The third-order valence-corrected chi connectivity index (χ3v) is 2.24. The van der Waals surface area contributed by atoms with Gasteiger partial charge in [0.05, 0.1) is 11.6 Å². The van der Waals surface area contributed by atoms with E-state index in [9.17, 15) is 0 Å². The van der Waals surface area contributed by atoms with Crippen LogP contribution in [0.5, 0.6) is 5.75 Å². The van der Waals surface area contributed by atoms with E-state index in [0.717, 1.165) is 17.7 Å². The number of rotatable bonds is 4. The highest BCUT2D eigenvalue weighted by Crippen LogP contribution is 2.31. The standard InChI is InChI=1S/C11H16ClNO.ClH/c1-3-7-14-11-9(8(2)13)5-4-6-10(11)12;/h4-6,8H,3,7,13H2,1-2H3;1H. The van der Waals surface area contributed by atoms with Crippen molar-refractivity contribution in [2.45, 2.75) is 26.3 Å². The summed E-state index contributed by atoms with van der Waals surface area (Å²) < 4.78 is 5.57. The minimum atomic E-state index is -0.0550. The Balaban J connectivity index is 0.00000196. The SMILES string of the molecule is CCCOc1c(Cl)cccc1C(C)N.Cl. The minimum Gasteiger partial charge on any atom is -0.492 e. The second-order valence-corrected chi connectivity index (χ2v) is 3.70. The van der Waals surface area contributed by atoms with Crippen molar-refractivity contribution in [1.82, 2.24) is 0 Å². The molecule has 1 aromatic carbocycles. The molecule has 0 radical (unpaired) electrons. The monoisotopic (exact) mass is 249 g/mol. The van der Waals surface area contributed by atoms with E-state index in [0.29, 0.717) is 11.6 Å². The van der Waals surface area contributed by atoms with Gasteiger partial charge in [-0.2, -0.15) is 0 Å². The summed E-state index contributed by atoms with van der Waals surface area (Å²) in [4.78, 5) is 0. The molecule has 1 rings (SSSR count). The molecule has 0 aliphatic carbocycles. The first kappa shape index (κ1) is 14.6. The van der Waals surface area contributed by atoms with Crippen LogP contribution in [0.3, 0.4) is 0 Å². The van der Waals surface area contributed by atoms with Crippen molar-refractivity contribution in [3.8, 4) is 5.75 Å². The second kappa shape index (κ2) is 6.94. The molecule has 86 valence electrons. The molecule has 0 amide bonds. The lowest BCUT2D eigenvalue weighted by atomic mass is 10.1. The van der Waals surface area contributed by atoms with Gasteiger partial charge in [-0.3, -0.25) is 0 Å². The third-order valence-electron chi connectivity index (χ3n) is 1.94. The van der Waals surface area contributed by atoms with Gasteiger partial charge in [0.1, 0.15) is 5.75 Å². The van der Waals surface area contributed by atoms with Gasteiger partial charge in [-0.1, -0.05) is 30.7 Å². The fourth-order valence-corrected chi connectivity index (χ4v) is 1.48. The average Bonchev–Trinajstić information content (AvgIpc) is 2.15. The number of nitrogens with two attached hydrogens (primary N) is 1. The maximum atomic E-state index is 6.03. The zero-order valence-electron chi connectivity index (χ0n) is 9.00. The lowest BCUT2D eigenvalue weighted by Crippen LogP contribution is -2.08. The van der Waals surface area contributed by atoms with Crippen molar-refractivity contribution >= 4 is 24.0 Å². The summed E-state index contributed by atoms with van der Waals surface area (Å²) in [5, 5.41) is 0.633. The first-order valence-corrected chi connectivity index (χ1v) is 5.21. The molecule has 0 heterocycles. The largest absolute Gasteiger partial charge is 0.492 e. The van der Waals surface area contributed by atoms with Crippen LogP contribution in [0.15, 0.2) is 18.2 Å². The van der Waals surface area contributed by atoms with Crippen LogP contribution in [-0.2, 0) is 0 Å². The molecule has 1 unspecified atom stereocenters. The first-order valence-electron chi connectivity index (χ1n) is 4.83. The molecule has 0 bridgehead atoms. The molecule has 0 aromatic heterocycles. The summed E-state index contributed by atoms with van der Waals surface area (Å²) >= 11 is 6.03. The van der Waals surface area contributed by atoms with E-state index in [4.69, 9.17) is 22.1 Å².